The third-order valence-corrected chi connectivity index (χ3v) is 4.13. The molecule has 0 aliphatic rings. The Balaban J connectivity index is 0.00000125. The molecular weight excluding hydrogens is 409 g/mol. The largest absolute Gasteiger partial charge is 0.416 e. The highest BCUT2D eigenvalue weighted by atomic mass is 32.2. The first-order valence-corrected chi connectivity index (χ1v) is 11.1. The van der Waals surface area contributed by atoms with E-state index < -0.39 is 11.7 Å². The standard InChI is InChI=1S/C17H20F3N3S.C3H7N.C2H6/c1-12(2)16-9-15(23(22-16)10-21-11-24-3)8-13-5-4-6-14(7-13)17(18,19)20;1-3-4-2;1-2/h4-7,9,11-12H,8,10H2,1-3H3;3H,1-2H3;1-2H3/b21-11+;;. The SMILES string of the molecule is CC.CC=NC.CS/C=N/Cn1nc(C(C)C)cc1Cc1cccc(C(F)(F)F)c1. The summed E-state index contributed by atoms with van der Waals surface area (Å²) in [5.41, 5.74) is 3.48. The van der Waals surface area contributed by atoms with Crippen molar-refractivity contribution in [3.63, 3.8) is 0 Å². The van der Waals surface area contributed by atoms with Gasteiger partial charge in [-0.15, -0.1) is 11.8 Å². The maximum atomic E-state index is 12.9. The van der Waals surface area contributed by atoms with E-state index in [0.29, 0.717) is 18.7 Å². The Morgan fingerprint density at radius 3 is 2.33 bits per heavy atom. The topological polar surface area (TPSA) is 42.5 Å². The lowest BCUT2D eigenvalue weighted by Crippen LogP contribution is -2.07. The molecule has 8 heteroatoms. The monoisotopic (exact) mass is 442 g/mol. The lowest BCUT2D eigenvalue weighted by molar-refractivity contribution is -0.137. The molecule has 168 valence electrons. The van der Waals surface area contributed by atoms with Gasteiger partial charge in [0.15, 0.2) is 0 Å². The van der Waals surface area contributed by atoms with E-state index in [0.717, 1.165) is 17.5 Å². The number of benzene rings is 1. The normalized spacial score (nSPS) is 11.4. The molecule has 0 bridgehead atoms. The number of aliphatic imine (C=N–C) groups is 2. The molecule has 0 saturated carbocycles. The van der Waals surface area contributed by atoms with E-state index in [9.17, 15) is 13.2 Å². The summed E-state index contributed by atoms with van der Waals surface area (Å²) in [6, 6.07) is 7.36. The maximum Gasteiger partial charge on any atom is 0.416 e. The van der Waals surface area contributed by atoms with E-state index in [1.807, 2.05) is 46.9 Å². The molecule has 4 nitrogen and oxygen atoms in total. The van der Waals surface area contributed by atoms with E-state index in [2.05, 4.69) is 15.1 Å². The molecule has 0 amide bonds. The molecule has 0 aliphatic heterocycles. The predicted octanol–water partition coefficient (Wildman–Crippen LogP) is 6.70. The highest BCUT2D eigenvalue weighted by molar-refractivity contribution is 8.11. The number of aromatic nitrogens is 2. The quantitative estimate of drug-likeness (QED) is 0.369. The second-order valence-corrected chi connectivity index (χ2v) is 6.95. The van der Waals surface area contributed by atoms with Gasteiger partial charge in [-0.1, -0.05) is 45.9 Å². The van der Waals surface area contributed by atoms with Crippen molar-refractivity contribution in [2.75, 3.05) is 13.3 Å². The van der Waals surface area contributed by atoms with Crippen molar-refractivity contribution >= 4 is 23.5 Å². The Labute approximate surface area is 182 Å². The zero-order chi connectivity index (χ0) is 23.2. The van der Waals surface area contributed by atoms with Crippen molar-refractivity contribution in [1.82, 2.24) is 9.78 Å². The van der Waals surface area contributed by atoms with Gasteiger partial charge in [0.2, 0.25) is 0 Å². The van der Waals surface area contributed by atoms with Crippen LogP contribution in [0.25, 0.3) is 0 Å². The number of hydrogen-bond acceptors (Lipinski definition) is 4. The molecule has 0 spiro atoms. The summed E-state index contributed by atoms with van der Waals surface area (Å²) < 4.78 is 40.3. The summed E-state index contributed by atoms with van der Waals surface area (Å²) in [7, 11) is 1.75. The van der Waals surface area contributed by atoms with Crippen molar-refractivity contribution in [2.45, 2.75) is 59.8 Å². The third-order valence-electron chi connectivity index (χ3n) is 3.77. The lowest BCUT2D eigenvalue weighted by atomic mass is 10.0. The van der Waals surface area contributed by atoms with Crippen LogP contribution >= 0.6 is 11.8 Å². The fraction of sp³-hybridized carbons (Fsp3) is 0.500. The van der Waals surface area contributed by atoms with Crippen LogP contribution in [0.4, 0.5) is 13.2 Å². The zero-order valence-corrected chi connectivity index (χ0v) is 19.7. The third kappa shape index (κ3) is 10.1. The molecule has 0 unspecified atom stereocenters. The van der Waals surface area contributed by atoms with Crippen LogP contribution in [-0.4, -0.2) is 34.8 Å². The average Bonchev–Trinajstić information content (AvgIpc) is 3.12. The Kier molecular flexibility index (Phi) is 13.8. The minimum absolute atomic E-state index is 0.246. The van der Waals surface area contributed by atoms with Gasteiger partial charge in [-0.2, -0.15) is 18.3 Å². The van der Waals surface area contributed by atoms with Gasteiger partial charge in [-0.25, -0.2) is 4.68 Å². The number of nitrogens with zero attached hydrogens (tertiary/aromatic N) is 4. The molecule has 0 aliphatic carbocycles. The molecule has 0 fully saturated rings. The molecule has 0 N–H and O–H groups in total. The zero-order valence-electron chi connectivity index (χ0n) is 18.9. The number of thioether (sulfide) groups is 1. The molecule has 30 heavy (non-hydrogen) atoms. The van der Waals surface area contributed by atoms with Crippen LogP contribution in [0.1, 0.15) is 63.1 Å². The molecule has 0 radical (unpaired) electrons. The predicted molar refractivity (Wildman–Crippen MR) is 124 cm³/mol. The first-order chi connectivity index (χ1) is 14.2. The minimum Gasteiger partial charge on any atom is -0.301 e. The van der Waals surface area contributed by atoms with Crippen LogP contribution in [0.5, 0.6) is 0 Å². The number of alkyl halides is 3. The van der Waals surface area contributed by atoms with Crippen LogP contribution in [0.3, 0.4) is 0 Å². The summed E-state index contributed by atoms with van der Waals surface area (Å²) in [5.74, 6) is 0.246. The second-order valence-electron chi connectivity index (χ2n) is 6.27. The van der Waals surface area contributed by atoms with Crippen LogP contribution in [0.15, 0.2) is 40.3 Å². The molecule has 1 aromatic heterocycles. The maximum absolute atomic E-state index is 12.9. The fourth-order valence-electron chi connectivity index (χ4n) is 2.28. The van der Waals surface area contributed by atoms with E-state index >= 15 is 0 Å². The van der Waals surface area contributed by atoms with Crippen LogP contribution in [0.2, 0.25) is 0 Å². The van der Waals surface area contributed by atoms with E-state index in [-0.39, 0.29) is 5.92 Å². The molecule has 2 aromatic rings. The van der Waals surface area contributed by atoms with Crippen LogP contribution < -0.4 is 0 Å². The number of halogens is 3. The van der Waals surface area contributed by atoms with Crippen LogP contribution in [-0.2, 0) is 19.3 Å². The molecule has 1 heterocycles. The summed E-state index contributed by atoms with van der Waals surface area (Å²) in [5, 5.41) is 4.52. The van der Waals surface area contributed by atoms with Gasteiger partial charge in [0.05, 0.1) is 16.8 Å². The summed E-state index contributed by atoms with van der Waals surface area (Å²) in [6.07, 6.45) is -0.282. The first kappa shape index (κ1) is 27.9. The van der Waals surface area contributed by atoms with E-state index in [4.69, 9.17) is 0 Å². The van der Waals surface area contributed by atoms with Crippen molar-refractivity contribution in [1.29, 1.82) is 0 Å². The first-order valence-electron chi connectivity index (χ1n) is 9.83. The van der Waals surface area contributed by atoms with Gasteiger partial charge in [0.25, 0.3) is 0 Å². The second kappa shape index (κ2) is 14.8. The molecular formula is C22H33F3N4S. The summed E-state index contributed by atoms with van der Waals surface area (Å²) in [4.78, 5) is 7.86. The lowest BCUT2D eigenvalue weighted by Gasteiger charge is -2.09. The minimum atomic E-state index is -4.33. The van der Waals surface area contributed by atoms with Gasteiger partial charge in [-0.05, 0) is 43.0 Å². The summed E-state index contributed by atoms with van der Waals surface area (Å²) in [6.45, 7) is 10.3. The summed E-state index contributed by atoms with van der Waals surface area (Å²) >= 11 is 1.49. The molecule has 0 saturated heterocycles. The van der Waals surface area contributed by atoms with Gasteiger partial charge in [0, 0.05) is 19.2 Å². The highest BCUT2D eigenvalue weighted by Crippen LogP contribution is 2.30. The number of hydrogen-bond donors (Lipinski definition) is 0. The Hall–Kier alpha value is -2.09. The smallest absolute Gasteiger partial charge is 0.301 e. The Bertz CT molecular complexity index is 777. The van der Waals surface area contributed by atoms with Gasteiger partial charge < -0.3 is 4.99 Å². The van der Waals surface area contributed by atoms with Gasteiger partial charge in [0.1, 0.15) is 6.67 Å². The van der Waals surface area contributed by atoms with Crippen molar-refractivity contribution in [3.8, 4) is 0 Å². The van der Waals surface area contributed by atoms with E-state index in [1.165, 1.54) is 23.9 Å². The van der Waals surface area contributed by atoms with Crippen molar-refractivity contribution in [3.05, 3.63) is 52.8 Å². The van der Waals surface area contributed by atoms with Crippen molar-refractivity contribution < 1.29 is 13.2 Å². The average molecular weight is 443 g/mol. The molecule has 2 rings (SSSR count). The Morgan fingerprint density at radius 2 is 1.83 bits per heavy atom. The molecule has 1 aromatic carbocycles. The molecule has 0 atom stereocenters. The highest BCUT2D eigenvalue weighted by Gasteiger charge is 2.30. The van der Waals surface area contributed by atoms with E-state index in [1.54, 1.807) is 29.6 Å². The van der Waals surface area contributed by atoms with Gasteiger partial charge >= 0.3 is 6.18 Å². The van der Waals surface area contributed by atoms with Gasteiger partial charge in [-0.3, -0.25) is 4.99 Å². The number of rotatable bonds is 6. The van der Waals surface area contributed by atoms with Crippen LogP contribution in [0, 0.1) is 0 Å². The Morgan fingerprint density at radius 1 is 1.20 bits per heavy atom. The fourth-order valence-corrected chi connectivity index (χ4v) is 2.49. The van der Waals surface area contributed by atoms with Crippen molar-refractivity contribution in [2.24, 2.45) is 9.98 Å².